The summed E-state index contributed by atoms with van der Waals surface area (Å²) in [6.45, 7) is 3.53. The molecule has 5 rings (SSSR count). The van der Waals surface area contributed by atoms with Crippen LogP contribution in [0.25, 0.3) is 0 Å². The van der Waals surface area contributed by atoms with Gasteiger partial charge in [0, 0.05) is 38.3 Å². The molecule has 0 radical (unpaired) electrons. The molecule has 9 heteroatoms. The molecule has 0 spiro atoms. The van der Waals surface area contributed by atoms with Crippen molar-refractivity contribution in [2.45, 2.75) is 12.5 Å². The van der Waals surface area contributed by atoms with Crippen LogP contribution in [0, 0.1) is 23.5 Å². The van der Waals surface area contributed by atoms with Crippen molar-refractivity contribution in [1.82, 2.24) is 15.1 Å². The molecule has 38 heavy (non-hydrogen) atoms. The summed E-state index contributed by atoms with van der Waals surface area (Å²) in [6, 6.07) is 17.7. The molecule has 5 nitrogen and oxygen atoms in total. The Morgan fingerprint density at radius 3 is 2.24 bits per heavy atom. The summed E-state index contributed by atoms with van der Waals surface area (Å²) in [6.07, 6.45) is 0.678. The van der Waals surface area contributed by atoms with Gasteiger partial charge in [0.15, 0.2) is 0 Å². The zero-order chi connectivity index (χ0) is 26.8. The molecule has 2 aliphatic heterocycles. The summed E-state index contributed by atoms with van der Waals surface area (Å²) in [4.78, 5) is 29.9. The molecule has 2 amide bonds. The predicted octanol–water partition coefficient (Wildman–Crippen LogP) is 5.84. The standard InChI is InChI=1S/C29H27Cl2F2N3O2/c30-22-7-4-8-25(33)27(22)29(38)36-16-20-14-35(15-21(20)17-36)12-11-26(18-5-2-1-3-6-18)34-28(37)19-9-10-24(32)23(31)13-19/h1-10,13,20-21,26H,11-12,14-17H2,(H,34,37)/t20-,21?,26?/m0/s1. The highest BCUT2D eigenvalue weighted by Crippen LogP contribution is 2.34. The van der Waals surface area contributed by atoms with Crippen LogP contribution < -0.4 is 5.32 Å². The van der Waals surface area contributed by atoms with Gasteiger partial charge in [-0.05, 0) is 54.2 Å². The molecule has 2 saturated heterocycles. The highest BCUT2D eigenvalue weighted by atomic mass is 35.5. The summed E-state index contributed by atoms with van der Waals surface area (Å²) in [7, 11) is 0. The van der Waals surface area contributed by atoms with E-state index in [4.69, 9.17) is 23.2 Å². The minimum atomic E-state index is -0.599. The van der Waals surface area contributed by atoms with E-state index in [0.717, 1.165) is 25.2 Å². The Bertz CT molecular complexity index is 1310. The van der Waals surface area contributed by atoms with Crippen LogP contribution in [0.15, 0.2) is 66.7 Å². The average Bonchev–Trinajstić information content (AvgIpc) is 3.47. The number of hydrogen-bond acceptors (Lipinski definition) is 3. The van der Waals surface area contributed by atoms with Crippen LogP contribution in [0.4, 0.5) is 8.78 Å². The quantitative estimate of drug-likeness (QED) is 0.397. The second-order valence-electron chi connectivity index (χ2n) is 9.94. The number of halogens is 4. The molecular formula is C29H27Cl2F2N3O2. The van der Waals surface area contributed by atoms with Gasteiger partial charge in [-0.2, -0.15) is 0 Å². The normalized spacial score (nSPS) is 19.8. The molecule has 2 aliphatic rings. The maximum absolute atomic E-state index is 14.3. The maximum atomic E-state index is 14.3. The lowest BCUT2D eigenvalue weighted by Crippen LogP contribution is -2.35. The summed E-state index contributed by atoms with van der Waals surface area (Å²) in [5.41, 5.74) is 1.22. The SMILES string of the molecule is O=C(NC(CCN1CC2CN(C(=O)c3c(F)cccc3Cl)C[C@@H]2C1)c1ccccc1)c1ccc(F)c(Cl)c1. The van der Waals surface area contributed by atoms with Gasteiger partial charge in [0.05, 0.1) is 21.7 Å². The molecule has 0 aromatic heterocycles. The first-order valence-electron chi connectivity index (χ1n) is 12.6. The molecular weight excluding hydrogens is 531 g/mol. The third-order valence-corrected chi connectivity index (χ3v) is 8.05. The van der Waals surface area contributed by atoms with Crippen molar-refractivity contribution in [2.75, 3.05) is 32.7 Å². The Hall–Kier alpha value is -3.00. The summed E-state index contributed by atoms with van der Waals surface area (Å²) < 4.78 is 27.8. The Morgan fingerprint density at radius 2 is 1.58 bits per heavy atom. The van der Waals surface area contributed by atoms with E-state index in [0.29, 0.717) is 36.9 Å². The largest absolute Gasteiger partial charge is 0.345 e. The van der Waals surface area contributed by atoms with E-state index in [1.165, 1.54) is 36.4 Å². The van der Waals surface area contributed by atoms with E-state index in [1.54, 1.807) is 4.90 Å². The molecule has 2 fully saturated rings. The van der Waals surface area contributed by atoms with Crippen molar-refractivity contribution in [1.29, 1.82) is 0 Å². The zero-order valence-corrected chi connectivity index (χ0v) is 22.1. The van der Waals surface area contributed by atoms with E-state index >= 15 is 0 Å². The highest BCUT2D eigenvalue weighted by Gasteiger charge is 2.42. The molecule has 0 saturated carbocycles. The first kappa shape index (κ1) is 26.6. The van der Waals surface area contributed by atoms with Gasteiger partial charge in [0.25, 0.3) is 11.8 Å². The smallest absolute Gasteiger partial charge is 0.258 e. The Labute approximate surface area is 230 Å². The fraction of sp³-hybridized carbons (Fsp3) is 0.310. The Kier molecular flexibility index (Phi) is 7.98. The van der Waals surface area contributed by atoms with Crippen LogP contribution in [-0.2, 0) is 0 Å². The second-order valence-corrected chi connectivity index (χ2v) is 10.8. The minimum absolute atomic E-state index is 0.0603. The van der Waals surface area contributed by atoms with Crippen molar-refractivity contribution in [3.05, 3.63) is 105 Å². The fourth-order valence-electron chi connectivity index (χ4n) is 5.50. The third kappa shape index (κ3) is 5.70. The third-order valence-electron chi connectivity index (χ3n) is 7.45. The molecule has 198 valence electrons. The number of hydrogen-bond donors (Lipinski definition) is 1. The van der Waals surface area contributed by atoms with Crippen molar-refractivity contribution < 1.29 is 18.4 Å². The van der Waals surface area contributed by atoms with Gasteiger partial charge in [-0.25, -0.2) is 8.78 Å². The number of amides is 2. The topological polar surface area (TPSA) is 52.7 Å². The van der Waals surface area contributed by atoms with E-state index in [9.17, 15) is 18.4 Å². The number of carbonyl (C=O) groups is 2. The molecule has 3 aromatic rings. The monoisotopic (exact) mass is 557 g/mol. The van der Waals surface area contributed by atoms with Crippen molar-refractivity contribution >= 4 is 35.0 Å². The highest BCUT2D eigenvalue weighted by molar-refractivity contribution is 6.33. The van der Waals surface area contributed by atoms with Gasteiger partial charge < -0.3 is 15.1 Å². The van der Waals surface area contributed by atoms with Gasteiger partial charge in [-0.1, -0.05) is 59.6 Å². The number of likely N-dealkylation sites (tertiary alicyclic amines) is 2. The minimum Gasteiger partial charge on any atom is -0.345 e. The number of nitrogens with zero attached hydrogens (tertiary/aromatic N) is 2. The van der Waals surface area contributed by atoms with E-state index < -0.39 is 11.6 Å². The molecule has 0 bridgehead atoms. The van der Waals surface area contributed by atoms with Crippen LogP contribution >= 0.6 is 23.2 Å². The maximum Gasteiger partial charge on any atom is 0.258 e. The molecule has 3 atom stereocenters. The van der Waals surface area contributed by atoms with Crippen LogP contribution in [-0.4, -0.2) is 54.3 Å². The van der Waals surface area contributed by atoms with Gasteiger partial charge in [0.2, 0.25) is 0 Å². The van der Waals surface area contributed by atoms with Crippen molar-refractivity contribution in [2.24, 2.45) is 11.8 Å². The molecule has 1 N–H and O–H groups in total. The van der Waals surface area contributed by atoms with Gasteiger partial charge in [-0.3, -0.25) is 9.59 Å². The zero-order valence-electron chi connectivity index (χ0n) is 20.5. The summed E-state index contributed by atoms with van der Waals surface area (Å²) >= 11 is 12.0. The first-order valence-corrected chi connectivity index (χ1v) is 13.3. The fourth-order valence-corrected chi connectivity index (χ4v) is 5.92. The van der Waals surface area contributed by atoms with E-state index in [-0.39, 0.29) is 33.5 Å². The second kappa shape index (κ2) is 11.4. The lowest BCUT2D eigenvalue weighted by atomic mass is 10.0. The summed E-state index contributed by atoms with van der Waals surface area (Å²) in [5, 5.41) is 3.11. The van der Waals surface area contributed by atoms with Crippen LogP contribution in [0.2, 0.25) is 10.0 Å². The molecule has 2 unspecified atom stereocenters. The number of nitrogens with one attached hydrogen (secondary N) is 1. The first-order chi connectivity index (χ1) is 18.3. The predicted molar refractivity (Wildman–Crippen MR) is 143 cm³/mol. The summed E-state index contributed by atoms with van der Waals surface area (Å²) in [5.74, 6) is -1.24. The number of fused-ring (bicyclic) bond motifs is 1. The van der Waals surface area contributed by atoms with Gasteiger partial charge >= 0.3 is 0 Å². The van der Waals surface area contributed by atoms with Crippen LogP contribution in [0.5, 0.6) is 0 Å². The number of benzene rings is 3. The lowest BCUT2D eigenvalue weighted by molar-refractivity contribution is 0.0769. The lowest BCUT2D eigenvalue weighted by Gasteiger charge is -2.25. The Morgan fingerprint density at radius 1 is 0.868 bits per heavy atom. The van der Waals surface area contributed by atoms with Gasteiger partial charge in [0.1, 0.15) is 11.6 Å². The van der Waals surface area contributed by atoms with E-state index in [2.05, 4.69) is 10.2 Å². The number of rotatable bonds is 7. The van der Waals surface area contributed by atoms with Crippen molar-refractivity contribution in [3.8, 4) is 0 Å². The molecule has 0 aliphatic carbocycles. The van der Waals surface area contributed by atoms with Gasteiger partial charge in [-0.15, -0.1) is 0 Å². The Balaban J connectivity index is 1.20. The molecule has 3 aromatic carbocycles. The van der Waals surface area contributed by atoms with Crippen LogP contribution in [0.1, 0.15) is 38.7 Å². The average molecular weight is 558 g/mol. The number of carbonyl (C=O) groups excluding carboxylic acids is 2. The van der Waals surface area contributed by atoms with Crippen LogP contribution in [0.3, 0.4) is 0 Å². The van der Waals surface area contributed by atoms with Crippen molar-refractivity contribution in [3.63, 3.8) is 0 Å². The van der Waals surface area contributed by atoms with E-state index in [1.807, 2.05) is 30.3 Å². The molecule has 2 heterocycles.